The van der Waals surface area contributed by atoms with E-state index in [1.54, 1.807) is 23.6 Å². The highest BCUT2D eigenvalue weighted by Gasteiger charge is 2.26. The molecular formula is C24H31ClN2O2S. The number of hydrogen-bond acceptors (Lipinski definition) is 3. The zero-order valence-electron chi connectivity index (χ0n) is 18.0. The van der Waals surface area contributed by atoms with E-state index >= 15 is 0 Å². The predicted molar refractivity (Wildman–Crippen MR) is 127 cm³/mol. The van der Waals surface area contributed by atoms with Crippen molar-refractivity contribution in [3.63, 3.8) is 0 Å². The van der Waals surface area contributed by atoms with Crippen LogP contribution in [0.25, 0.3) is 0 Å². The van der Waals surface area contributed by atoms with Gasteiger partial charge in [0.15, 0.2) is 0 Å². The third-order valence-corrected chi connectivity index (χ3v) is 6.25. The summed E-state index contributed by atoms with van der Waals surface area (Å²) in [5.74, 6) is 0.905. The highest BCUT2D eigenvalue weighted by molar-refractivity contribution is 7.99. The minimum atomic E-state index is -0.523. The summed E-state index contributed by atoms with van der Waals surface area (Å²) in [6, 6.07) is 15.1. The number of nitrogens with one attached hydrogen (secondary N) is 1. The van der Waals surface area contributed by atoms with Crippen LogP contribution in [0.15, 0.2) is 48.5 Å². The predicted octanol–water partition coefficient (Wildman–Crippen LogP) is 5.22. The highest BCUT2D eigenvalue weighted by Crippen LogP contribution is 2.18. The molecule has 2 rings (SSSR count). The van der Waals surface area contributed by atoms with Crippen molar-refractivity contribution in [3.05, 3.63) is 70.2 Å². The molecule has 2 aromatic carbocycles. The first-order valence-electron chi connectivity index (χ1n) is 10.4. The molecule has 162 valence electrons. The molecule has 30 heavy (non-hydrogen) atoms. The molecule has 6 heteroatoms. The first-order chi connectivity index (χ1) is 14.4. The summed E-state index contributed by atoms with van der Waals surface area (Å²) in [7, 11) is 0. The number of aryl methyl sites for hydroxylation is 1. The van der Waals surface area contributed by atoms with Gasteiger partial charge in [-0.15, -0.1) is 11.8 Å². The number of carbonyl (C=O) groups is 2. The van der Waals surface area contributed by atoms with Gasteiger partial charge < -0.3 is 10.2 Å². The van der Waals surface area contributed by atoms with E-state index in [2.05, 4.69) is 12.2 Å². The fourth-order valence-corrected chi connectivity index (χ4v) is 4.01. The number of thioether (sulfide) groups is 1. The number of halogens is 1. The van der Waals surface area contributed by atoms with Crippen molar-refractivity contribution in [1.29, 1.82) is 0 Å². The zero-order chi connectivity index (χ0) is 21.9. The summed E-state index contributed by atoms with van der Waals surface area (Å²) in [5, 5.41) is 3.66. The van der Waals surface area contributed by atoms with Crippen molar-refractivity contribution < 1.29 is 9.59 Å². The van der Waals surface area contributed by atoms with Crippen LogP contribution in [0.2, 0.25) is 5.02 Å². The smallest absolute Gasteiger partial charge is 0.242 e. The average molecular weight is 447 g/mol. The molecule has 2 amide bonds. The normalized spacial score (nSPS) is 11.7. The molecule has 4 nitrogen and oxygen atoms in total. The molecule has 1 N–H and O–H groups in total. The second kappa shape index (κ2) is 12.7. The molecule has 0 fully saturated rings. The van der Waals surface area contributed by atoms with Crippen molar-refractivity contribution in [2.45, 2.75) is 52.0 Å². The third kappa shape index (κ3) is 7.69. The van der Waals surface area contributed by atoms with Crippen LogP contribution in [0, 0.1) is 6.92 Å². The van der Waals surface area contributed by atoms with Crippen molar-refractivity contribution in [1.82, 2.24) is 10.2 Å². The molecule has 1 atom stereocenters. The van der Waals surface area contributed by atoms with Crippen LogP contribution < -0.4 is 5.32 Å². The van der Waals surface area contributed by atoms with Crippen LogP contribution in [0.3, 0.4) is 0 Å². The van der Waals surface area contributed by atoms with E-state index in [1.165, 1.54) is 0 Å². The van der Waals surface area contributed by atoms with Gasteiger partial charge in [-0.1, -0.05) is 61.3 Å². The molecule has 0 heterocycles. The lowest BCUT2D eigenvalue weighted by molar-refractivity contribution is -0.138. The van der Waals surface area contributed by atoms with Gasteiger partial charge in [-0.25, -0.2) is 0 Å². The minimum Gasteiger partial charge on any atom is -0.354 e. The summed E-state index contributed by atoms with van der Waals surface area (Å²) in [5.41, 5.74) is 3.29. The van der Waals surface area contributed by atoms with Crippen molar-refractivity contribution in [3.8, 4) is 0 Å². The lowest BCUT2D eigenvalue weighted by Crippen LogP contribution is -2.48. The van der Waals surface area contributed by atoms with E-state index < -0.39 is 6.04 Å². The number of amides is 2. The summed E-state index contributed by atoms with van der Waals surface area (Å²) >= 11 is 7.48. The maximum absolute atomic E-state index is 13.1. The van der Waals surface area contributed by atoms with Gasteiger partial charge in [0.25, 0.3) is 0 Å². The van der Waals surface area contributed by atoms with Crippen molar-refractivity contribution >= 4 is 35.2 Å². The number of rotatable bonds is 11. The van der Waals surface area contributed by atoms with Gasteiger partial charge >= 0.3 is 0 Å². The van der Waals surface area contributed by atoms with E-state index in [0.717, 1.165) is 35.3 Å². The van der Waals surface area contributed by atoms with Crippen molar-refractivity contribution in [2.24, 2.45) is 0 Å². The quantitative estimate of drug-likeness (QED) is 0.481. The van der Waals surface area contributed by atoms with Gasteiger partial charge in [-0.05, 0) is 49.1 Å². The molecule has 2 aromatic rings. The number of benzene rings is 2. The van der Waals surface area contributed by atoms with E-state index in [-0.39, 0.29) is 11.8 Å². The van der Waals surface area contributed by atoms with Crippen LogP contribution in [-0.4, -0.2) is 35.1 Å². The topological polar surface area (TPSA) is 49.4 Å². The Morgan fingerprint density at radius 2 is 1.83 bits per heavy atom. The molecule has 0 saturated heterocycles. The van der Waals surface area contributed by atoms with Crippen LogP contribution in [-0.2, 0) is 21.9 Å². The Kier molecular flexibility index (Phi) is 10.2. The molecule has 0 spiro atoms. The maximum atomic E-state index is 13.1. The molecule has 0 radical (unpaired) electrons. The standard InChI is InChI=1S/C24H31ClN2O2S/c1-4-5-14-26-24(29)19(3)27(15-21-9-7-6-8-18(21)2)23(28)17-30-16-20-10-12-22(25)13-11-20/h6-13,19H,4-5,14-17H2,1-3H3,(H,26,29). The van der Waals surface area contributed by atoms with E-state index in [1.807, 2.05) is 55.5 Å². The second-order valence-corrected chi connectivity index (χ2v) is 8.81. The van der Waals surface area contributed by atoms with E-state index in [9.17, 15) is 9.59 Å². The largest absolute Gasteiger partial charge is 0.354 e. The Labute approximate surface area is 189 Å². The molecular weight excluding hydrogens is 416 g/mol. The molecule has 0 bridgehead atoms. The monoisotopic (exact) mass is 446 g/mol. The average Bonchev–Trinajstić information content (AvgIpc) is 2.74. The number of nitrogens with zero attached hydrogens (tertiary/aromatic N) is 1. The number of hydrogen-bond donors (Lipinski definition) is 1. The Morgan fingerprint density at radius 1 is 1.13 bits per heavy atom. The Hall–Kier alpha value is -1.98. The number of unbranched alkanes of at least 4 members (excludes halogenated alkanes) is 1. The summed E-state index contributed by atoms with van der Waals surface area (Å²) in [6.07, 6.45) is 1.95. The van der Waals surface area contributed by atoms with Gasteiger partial charge in [0, 0.05) is 23.9 Å². The zero-order valence-corrected chi connectivity index (χ0v) is 19.6. The Morgan fingerprint density at radius 3 is 2.50 bits per heavy atom. The van der Waals surface area contributed by atoms with E-state index in [0.29, 0.717) is 23.9 Å². The highest BCUT2D eigenvalue weighted by atomic mass is 35.5. The van der Waals surface area contributed by atoms with Crippen molar-refractivity contribution in [2.75, 3.05) is 12.3 Å². The molecule has 0 aliphatic heterocycles. The maximum Gasteiger partial charge on any atom is 0.242 e. The molecule has 1 unspecified atom stereocenters. The lowest BCUT2D eigenvalue weighted by atomic mass is 10.1. The van der Waals surface area contributed by atoms with E-state index in [4.69, 9.17) is 11.6 Å². The SMILES string of the molecule is CCCCNC(=O)C(C)N(Cc1ccccc1C)C(=O)CSCc1ccc(Cl)cc1. The fraction of sp³-hybridized carbons (Fsp3) is 0.417. The summed E-state index contributed by atoms with van der Waals surface area (Å²) in [4.78, 5) is 27.4. The van der Waals surface area contributed by atoms with Crippen LogP contribution >= 0.6 is 23.4 Å². The molecule has 0 aliphatic rings. The Balaban J connectivity index is 2.04. The first kappa shape index (κ1) is 24.3. The van der Waals surface area contributed by atoms with Gasteiger partial charge in [0.2, 0.25) is 11.8 Å². The van der Waals surface area contributed by atoms with Crippen LogP contribution in [0.5, 0.6) is 0 Å². The van der Waals surface area contributed by atoms with Gasteiger partial charge in [-0.3, -0.25) is 9.59 Å². The van der Waals surface area contributed by atoms with Crippen LogP contribution in [0.1, 0.15) is 43.4 Å². The fourth-order valence-electron chi connectivity index (χ4n) is 3.01. The third-order valence-electron chi connectivity index (χ3n) is 5.01. The Bertz CT molecular complexity index is 826. The number of carbonyl (C=O) groups excluding carboxylic acids is 2. The first-order valence-corrected chi connectivity index (χ1v) is 11.9. The molecule has 0 saturated carbocycles. The molecule has 0 aromatic heterocycles. The van der Waals surface area contributed by atoms with Gasteiger partial charge in [0.05, 0.1) is 5.75 Å². The van der Waals surface area contributed by atoms with Gasteiger partial charge in [0.1, 0.15) is 6.04 Å². The van der Waals surface area contributed by atoms with Gasteiger partial charge in [-0.2, -0.15) is 0 Å². The summed E-state index contributed by atoms with van der Waals surface area (Å²) in [6.45, 7) is 6.98. The lowest BCUT2D eigenvalue weighted by Gasteiger charge is -2.29. The second-order valence-electron chi connectivity index (χ2n) is 7.39. The van der Waals surface area contributed by atoms with Crippen LogP contribution in [0.4, 0.5) is 0 Å². The minimum absolute atomic E-state index is 0.0321. The summed E-state index contributed by atoms with van der Waals surface area (Å²) < 4.78 is 0. The molecule has 0 aliphatic carbocycles.